The third-order valence-corrected chi connectivity index (χ3v) is 2.72. The van der Waals surface area contributed by atoms with E-state index in [0.29, 0.717) is 12.0 Å². The molecule has 0 amide bonds. The normalized spacial score (nSPS) is 12.7. The Bertz CT molecular complexity index is 461. The molecule has 1 unspecified atom stereocenters. The lowest BCUT2D eigenvalue weighted by Crippen LogP contribution is -2.17. The van der Waals surface area contributed by atoms with Gasteiger partial charge in [0.15, 0.2) is 0 Å². The molecule has 0 bridgehead atoms. The van der Waals surface area contributed by atoms with Gasteiger partial charge >= 0.3 is 0 Å². The number of nitrogens with zero attached hydrogens (tertiary/aromatic N) is 4. The Morgan fingerprint density at radius 3 is 2.44 bits per heavy atom. The van der Waals surface area contributed by atoms with Crippen molar-refractivity contribution in [3.05, 3.63) is 30.6 Å². The van der Waals surface area contributed by atoms with Crippen molar-refractivity contribution >= 4 is 5.69 Å². The zero-order chi connectivity index (χ0) is 13.0. The first kappa shape index (κ1) is 12.5. The molecule has 1 aromatic carbocycles. The van der Waals surface area contributed by atoms with Gasteiger partial charge in [0.2, 0.25) is 0 Å². The van der Waals surface area contributed by atoms with Crippen molar-refractivity contribution in [2.24, 2.45) is 5.92 Å². The molecule has 1 N–H and O–H groups in total. The van der Waals surface area contributed by atoms with Gasteiger partial charge in [0.05, 0.1) is 5.69 Å². The molecule has 1 aromatic heterocycles. The van der Waals surface area contributed by atoms with Crippen LogP contribution in [0, 0.1) is 5.92 Å². The average Bonchev–Trinajstić information content (AvgIpc) is 2.82. The van der Waals surface area contributed by atoms with Gasteiger partial charge in [-0.1, -0.05) is 13.8 Å². The molecule has 96 valence electrons. The third kappa shape index (κ3) is 3.29. The maximum atomic E-state index is 3.85. The molecular weight excluding hydrogens is 226 g/mol. The van der Waals surface area contributed by atoms with Crippen LogP contribution in [0.3, 0.4) is 0 Å². The van der Waals surface area contributed by atoms with Crippen LogP contribution in [-0.4, -0.2) is 26.2 Å². The fraction of sp³-hybridized carbons (Fsp3) is 0.462. The second-order valence-electron chi connectivity index (χ2n) is 4.98. The van der Waals surface area contributed by atoms with Crippen LogP contribution >= 0.6 is 0 Å². The minimum atomic E-state index is 0.476. The van der Waals surface area contributed by atoms with E-state index in [1.54, 1.807) is 11.0 Å². The summed E-state index contributed by atoms with van der Waals surface area (Å²) in [6.45, 7) is 6.67. The van der Waals surface area contributed by atoms with E-state index in [2.05, 4.69) is 41.6 Å². The first-order valence-corrected chi connectivity index (χ1v) is 6.25. The Hall–Kier alpha value is -1.91. The van der Waals surface area contributed by atoms with Gasteiger partial charge in [0.25, 0.3) is 0 Å². The molecule has 2 rings (SSSR count). The maximum absolute atomic E-state index is 3.85. The number of benzene rings is 1. The summed E-state index contributed by atoms with van der Waals surface area (Å²) in [6.07, 6.45) is 2.75. The number of nitrogens with one attached hydrogen (secondary N) is 1. The van der Waals surface area contributed by atoms with Crippen LogP contribution in [0.4, 0.5) is 5.69 Å². The summed E-state index contributed by atoms with van der Waals surface area (Å²) in [6, 6.07) is 8.58. The topological polar surface area (TPSA) is 55.6 Å². The second kappa shape index (κ2) is 5.62. The highest BCUT2D eigenvalue weighted by Gasteiger charge is 2.05. The monoisotopic (exact) mass is 245 g/mol. The van der Waals surface area contributed by atoms with Crippen molar-refractivity contribution in [2.75, 3.05) is 5.32 Å². The molecular formula is C13H19N5. The number of tetrazole rings is 1. The van der Waals surface area contributed by atoms with E-state index in [0.717, 1.165) is 17.8 Å². The fourth-order valence-corrected chi connectivity index (χ4v) is 2.04. The van der Waals surface area contributed by atoms with Gasteiger partial charge in [-0.2, -0.15) is 0 Å². The van der Waals surface area contributed by atoms with Crippen molar-refractivity contribution in [3.8, 4) is 5.69 Å². The zero-order valence-corrected chi connectivity index (χ0v) is 11.0. The van der Waals surface area contributed by atoms with Crippen molar-refractivity contribution in [2.45, 2.75) is 33.2 Å². The molecule has 0 aliphatic carbocycles. The summed E-state index contributed by atoms with van der Waals surface area (Å²) in [5.74, 6) is 0.702. The van der Waals surface area contributed by atoms with Crippen LogP contribution in [0.25, 0.3) is 5.69 Å². The molecule has 0 aliphatic rings. The van der Waals surface area contributed by atoms with Gasteiger partial charge in [-0.3, -0.25) is 0 Å². The minimum Gasteiger partial charge on any atom is -0.383 e. The van der Waals surface area contributed by atoms with E-state index in [1.165, 1.54) is 0 Å². The molecule has 5 nitrogen and oxygen atoms in total. The van der Waals surface area contributed by atoms with Gasteiger partial charge in [0, 0.05) is 11.7 Å². The Labute approximate surface area is 107 Å². The lowest BCUT2D eigenvalue weighted by atomic mass is 10.1. The number of aromatic nitrogens is 4. The van der Waals surface area contributed by atoms with Crippen molar-refractivity contribution < 1.29 is 0 Å². The largest absolute Gasteiger partial charge is 0.383 e. The van der Waals surface area contributed by atoms with Crippen LogP contribution in [0.1, 0.15) is 27.2 Å². The Kier molecular flexibility index (Phi) is 3.92. The van der Waals surface area contributed by atoms with Crippen molar-refractivity contribution in [3.63, 3.8) is 0 Å². The molecule has 0 saturated heterocycles. The predicted molar refractivity (Wildman–Crippen MR) is 71.7 cm³/mol. The third-order valence-electron chi connectivity index (χ3n) is 2.72. The van der Waals surface area contributed by atoms with E-state index < -0.39 is 0 Å². The summed E-state index contributed by atoms with van der Waals surface area (Å²) in [5, 5.41) is 14.6. The number of hydrogen-bond acceptors (Lipinski definition) is 4. The number of hydrogen-bond donors (Lipinski definition) is 1. The van der Waals surface area contributed by atoms with E-state index in [1.807, 2.05) is 24.3 Å². The summed E-state index contributed by atoms with van der Waals surface area (Å²) in [4.78, 5) is 0. The summed E-state index contributed by atoms with van der Waals surface area (Å²) in [5.41, 5.74) is 2.09. The Balaban J connectivity index is 2.00. The van der Waals surface area contributed by atoms with Crippen LogP contribution in [0.15, 0.2) is 30.6 Å². The van der Waals surface area contributed by atoms with Gasteiger partial charge < -0.3 is 5.32 Å². The molecule has 0 spiro atoms. The predicted octanol–water partition coefficient (Wildman–Crippen LogP) is 2.51. The van der Waals surface area contributed by atoms with Gasteiger partial charge in [0.1, 0.15) is 6.33 Å². The second-order valence-corrected chi connectivity index (χ2v) is 4.98. The van der Waals surface area contributed by atoms with Gasteiger partial charge in [-0.25, -0.2) is 4.68 Å². The smallest absolute Gasteiger partial charge is 0.143 e. The molecule has 0 aliphatic heterocycles. The van der Waals surface area contributed by atoms with Crippen LogP contribution in [-0.2, 0) is 0 Å². The first-order chi connectivity index (χ1) is 8.65. The van der Waals surface area contributed by atoms with Gasteiger partial charge in [-0.15, -0.1) is 5.10 Å². The minimum absolute atomic E-state index is 0.476. The van der Waals surface area contributed by atoms with E-state index >= 15 is 0 Å². The SMILES string of the molecule is CC(C)CC(C)Nc1ccc(-n2cnnn2)cc1. The van der Waals surface area contributed by atoms with Gasteiger partial charge in [-0.05, 0) is 54.0 Å². The molecule has 0 fully saturated rings. The Morgan fingerprint density at radius 2 is 1.89 bits per heavy atom. The quantitative estimate of drug-likeness (QED) is 0.879. The maximum Gasteiger partial charge on any atom is 0.143 e. The average molecular weight is 245 g/mol. The van der Waals surface area contributed by atoms with Crippen LogP contribution in [0.2, 0.25) is 0 Å². The number of anilines is 1. The van der Waals surface area contributed by atoms with E-state index in [9.17, 15) is 0 Å². The first-order valence-electron chi connectivity index (χ1n) is 6.25. The van der Waals surface area contributed by atoms with Crippen molar-refractivity contribution in [1.82, 2.24) is 20.2 Å². The molecule has 0 radical (unpaired) electrons. The molecule has 1 heterocycles. The summed E-state index contributed by atoms with van der Waals surface area (Å²) in [7, 11) is 0. The van der Waals surface area contributed by atoms with Crippen molar-refractivity contribution in [1.29, 1.82) is 0 Å². The summed E-state index contributed by atoms with van der Waals surface area (Å²) >= 11 is 0. The lowest BCUT2D eigenvalue weighted by molar-refractivity contribution is 0.540. The zero-order valence-electron chi connectivity index (χ0n) is 11.0. The molecule has 5 heteroatoms. The molecule has 18 heavy (non-hydrogen) atoms. The molecule has 0 saturated carbocycles. The van der Waals surface area contributed by atoms with E-state index in [4.69, 9.17) is 0 Å². The highest BCUT2D eigenvalue weighted by molar-refractivity contribution is 5.48. The fourth-order valence-electron chi connectivity index (χ4n) is 2.04. The Morgan fingerprint density at radius 1 is 1.17 bits per heavy atom. The van der Waals surface area contributed by atoms with Crippen LogP contribution < -0.4 is 5.32 Å². The standard InChI is InChI=1S/C13H19N5/c1-10(2)8-11(3)15-12-4-6-13(7-5-12)18-9-14-16-17-18/h4-7,9-11,15H,8H2,1-3H3. The van der Waals surface area contributed by atoms with Crippen LogP contribution in [0.5, 0.6) is 0 Å². The lowest BCUT2D eigenvalue weighted by Gasteiger charge is -2.17. The molecule has 2 aromatic rings. The van der Waals surface area contributed by atoms with E-state index in [-0.39, 0.29) is 0 Å². The highest BCUT2D eigenvalue weighted by Crippen LogP contribution is 2.15. The number of rotatable bonds is 5. The molecule has 1 atom stereocenters. The highest BCUT2D eigenvalue weighted by atomic mass is 15.5. The summed E-state index contributed by atoms with van der Waals surface area (Å²) < 4.78 is 1.64.